The number of hydrogen-bond donors (Lipinski definition) is 2. The molecular weight excluding hydrogens is 384 g/mol. The average Bonchev–Trinajstić information content (AvgIpc) is 3.47. The van der Waals surface area contributed by atoms with Crippen molar-refractivity contribution in [1.82, 2.24) is 14.8 Å². The topological polar surface area (TPSA) is 62.7 Å². The monoisotopic (exact) mass is 412 g/mol. The molecule has 0 bridgehead atoms. The van der Waals surface area contributed by atoms with E-state index in [1.54, 1.807) is 0 Å². The van der Waals surface area contributed by atoms with Crippen LogP contribution in [0.1, 0.15) is 44.6 Å². The third kappa shape index (κ3) is 4.00. The number of rotatable bonds is 5. The number of aromatic nitrogens is 3. The molecule has 1 aliphatic rings. The Kier molecular flexibility index (Phi) is 5.33. The number of carbonyl (C=O) groups excluding carboxylic acids is 1. The molecule has 0 spiro atoms. The van der Waals surface area contributed by atoms with Gasteiger partial charge in [-0.2, -0.15) is 5.10 Å². The van der Waals surface area contributed by atoms with Crippen LogP contribution in [-0.4, -0.2) is 20.7 Å². The van der Waals surface area contributed by atoms with Gasteiger partial charge in [0.1, 0.15) is 0 Å². The van der Waals surface area contributed by atoms with Crippen molar-refractivity contribution in [3.8, 4) is 16.8 Å². The van der Waals surface area contributed by atoms with Gasteiger partial charge in [0.15, 0.2) is 0 Å². The van der Waals surface area contributed by atoms with Crippen molar-refractivity contribution in [3.05, 3.63) is 66.6 Å². The predicted octanol–water partition coefficient (Wildman–Crippen LogP) is 6.10. The lowest BCUT2D eigenvalue weighted by atomic mass is 9.88. The summed E-state index contributed by atoms with van der Waals surface area (Å²) in [4.78, 5) is 16.0. The van der Waals surface area contributed by atoms with Gasteiger partial charge in [-0.25, -0.2) is 4.68 Å². The first-order chi connectivity index (χ1) is 15.2. The number of anilines is 1. The van der Waals surface area contributed by atoms with Gasteiger partial charge in [0.25, 0.3) is 0 Å². The maximum atomic E-state index is 12.7. The molecule has 31 heavy (non-hydrogen) atoms. The van der Waals surface area contributed by atoms with Crippen molar-refractivity contribution in [2.45, 2.75) is 45.4 Å². The number of aromatic amines is 1. The number of hydrogen-bond acceptors (Lipinski definition) is 2. The summed E-state index contributed by atoms with van der Waals surface area (Å²) in [6.07, 6.45) is 12.4. The molecule has 1 amide bonds. The van der Waals surface area contributed by atoms with Crippen LogP contribution in [0.4, 0.5) is 5.69 Å². The molecule has 2 aromatic carbocycles. The minimum atomic E-state index is 0.138. The molecule has 5 heteroatoms. The number of benzene rings is 2. The van der Waals surface area contributed by atoms with Crippen LogP contribution in [0, 0.1) is 5.92 Å². The SMILES string of the molecule is CCc1ccc(-n2cc(-c3ccc4[nH]cc(NC(=O)C5CCCCC5)c4c3)cn2)cc1. The van der Waals surface area contributed by atoms with Crippen molar-refractivity contribution < 1.29 is 4.79 Å². The molecule has 2 heterocycles. The summed E-state index contributed by atoms with van der Waals surface area (Å²) in [6.45, 7) is 2.16. The van der Waals surface area contributed by atoms with Crippen LogP contribution < -0.4 is 5.32 Å². The van der Waals surface area contributed by atoms with Gasteiger partial charge in [-0.15, -0.1) is 0 Å². The van der Waals surface area contributed by atoms with Crippen LogP contribution in [-0.2, 0) is 11.2 Å². The number of H-pyrrole nitrogens is 1. The predicted molar refractivity (Wildman–Crippen MR) is 125 cm³/mol. The highest BCUT2D eigenvalue weighted by molar-refractivity contribution is 6.03. The molecule has 0 saturated heterocycles. The van der Waals surface area contributed by atoms with Crippen LogP contribution in [0.2, 0.25) is 0 Å². The Morgan fingerprint density at radius 2 is 1.90 bits per heavy atom. The Bertz CT molecular complexity index is 1200. The highest BCUT2D eigenvalue weighted by atomic mass is 16.1. The molecule has 4 aromatic rings. The number of nitrogens with one attached hydrogen (secondary N) is 2. The molecule has 2 aromatic heterocycles. The molecule has 0 radical (unpaired) electrons. The van der Waals surface area contributed by atoms with Crippen molar-refractivity contribution in [2.24, 2.45) is 5.92 Å². The van der Waals surface area contributed by atoms with Crippen molar-refractivity contribution in [1.29, 1.82) is 0 Å². The average molecular weight is 413 g/mol. The minimum Gasteiger partial charge on any atom is -0.359 e. The Morgan fingerprint density at radius 3 is 2.68 bits per heavy atom. The first-order valence-electron chi connectivity index (χ1n) is 11.3. The zero-order chi connectivity index (χ0) is 21.2. The van der Waals surface area contributed by atoms with E-state index >= 15 is 0 Å². The van der Waals surface area contributed by atoms with Gasteiger partial charge in [0, 0.05) is 34.8 Å². The van der Waals surface area contributed by atoms with E-state index in [1.165, 1.54) is 12.0 Å². The van der Waals surface area contributed by atoms with Gasteiger partial charge in [-0.3, -0.25) is 4.79 Å². The van der Waals surface area contributed by atoms with Crippen LogP contribution >= 0.6 is 0 Å². The van der Waals surface area contributed by atoms with Gasteiger partial charge in [0.2, 0.25) is 5.91 Å². The lowest BCUT2D eigenvalue weighted by Crippen LogP contribution is -2.24. The summed E-state index contributed by atoms with van der Waals surface area (Å²) in [5.41, 5.74) is 6.37. The van der Waals surface area contributed by atoms with Gasteiger partial charge in [0.05, 0.1) is 17.6 Å². The number of nitrogens with zero attached hydrogens (tertiary/aromatic N) is 2. The fraction of sp³-hybridized carbons (Fsp3) is 0.308. The first kappa shape index (κ1) is 19.6. The maximum Gasteiger partial charge on any atom is 0.227 e. The number of carbonyl (C=O) groups is 1. The summed E-state index contributed by atoms with van der Waals surface area (Å²) >= 11 is 0. The van der Waals surface area contributed by atoms with Gasteiger partial charge in [-0.1, -0.05) is 44.4 Å². The van der Waals surface area contributed by atoms with Gasteiger partial charge >= 0.3 is 0 Å². The lowest BCUT2D eigenvalue weighted by molar-refractivity contribution is -0.120. The summed E-state index contributed by atoms with van der Waals surface area (Å²) in [5.74, 6) is 0.286. The largest absolute Gasteiger partial charge is 0.359 e. The molecule has 0 unspecified atom stereocenters. The first-order valence-corrected chi connectivity index (χ1v) is 11.3. The summed E-state index contributed by atoms with van der Waals surface area (Å²) in [5, 5.41) is 8.75. The second-order valence-corrected chi connectivity index (χ2v) is 8.48. The van der Waals surface area contributed by atoms with E-state index in [2.05, 4.69) is 71.0 Å². The highest BCUT2D eigenvalue weighted by Gasteiger charge is 2.22. The molecule has 0 atom stereocenters. The van der Waals surface area contributed by atoms with Crippen LogP contribution in [0.3, 0.4) is 0 Å². The molecule has 1 saturated carbocycles. The summed E-state index contributed by atoms with van der Waals surface area (Å²) in [7, 11) is 0. The van der Waals surface area contributed by atoms with Crippen LogP contribution in [0.15, 0.2) is 61.1 Å². The van der Waals surface area contributed by atoms with Crippen LogP contribution in [0.5, 0.6) is 0 Å². The van der Waals surface area contributed by atoms with E-state index in [-0.39, 0.29) is 11.8 Å². The fourth-order valence-electron chi connectivity index (χ4n) is 4.50. The molecule has 0 aliphatic heterocycles. The standard InChI is InChI=1S/C26H28N4O/c1-2-18-8-11-22(12-9-18)30-17-21(15-28-30)20-10-13-24-23(14-20)25(16-27-24)29-26(31)19-6-4-3-5-7-19/h8-17,19,27H,2-7H2,1H3,(H,29,31). The van der Waals surface area contributed by atoms with E-state index in [0.717, 1.165) is 65.5 Å². The van der Waals surface area contributed by atoms with Gasteiger partial charge in [-0.05, 0) is 54.7 Å². The number of amides is 1. The van der Waals surface area contributed by atoms with E-state index in [0.29, 0.717) is 0 Å². The Hall–Kier alpha value is -3.34. The normalized spacial score (nSPS) is 14.7. The number of aryl methyl sites for hydroxylation is 1. The third-order valence-electron chi connectivity index (χ3n) is 6.44. The van der Waals surface area contributed by atoms with Crippen molar-refractivity contribution >= 4 is 22.5 Å². The third-order valence-corrected chi connectivity index (χ3v) is 6.44. The highest BCUT2D eigenvalue weighted by Crippen LogP contribution is 2.31. The Morgan fingerprint density at radius 1 is 1.10 bits per heavy atom. The van der Waals surface area contributed by atoms with Gasteiger partial charge < -0.3 is 10.3 Å². The fourth-order valence-corrected chi connectivity index (χ4v) is 4.50. The lowest BCUT2D eigenvalue weighted by Gasteiger charge is -2.20. The van der Waals surface area contributed by atoms with E-state index in [1.807, 2.05) is 17.1 Å². The minimum absolute atomic E-state index is 0.138. The molecule has 5 nitrogen and oxygen atoms in total. The number of fused-ring (bicyclic) bond motifs is 1. The molecule has 158 valence electrons. The zero-order valence-electron chi connectivity index (χ0n) is 17.9. The second-order valence-electron chi connectivity index (χ2n) is 8.48. The smallest absolute Gasteiger partial charge is 0.227 e. The molecule has 5 rings (SSSR count). The maximum absolute atomic E-state index is 12.7. The molecule has 1 aliphatic carbocycles. The quantitative estimate of drug-likeness (QED) is 0.416. The molecule has 2 N–H and O–H groups in total. The summed E-state index contributed by atoms with van der Waals surface area (Å²) < 4.78 is 1.90. The van der Waals surface area contributed by atoms with E-state index in [9.17, 15) is 4.79 Å². The molecule has 1 fully saturated rings. The Labute approximate surface area is 182 Å². The van der Waals surface area contributed by atoms with E-state index < -0.39 is 0 Å². The van der Waals surface area contributed by atoms with Crippen molar-refractivity contribution in [2.75, 3.05) is 5.32 Å². The summed E-state index contributed by atoms with van der Waals surface area (Å²) in [6, 6.07) is 14.8. The zero-order valence-corrected chi connectivity index (χ0v) is 17.9. The second kappa shape index (κ2) is 8.42. The van der Waals surface area contributed by atoms with Crippen LogP contribution in [0.25, 0.3) is 27.7 Å². The Balaban J connectivity index is 1.40. The molecular formula is C26H28N4O. The van der Waals surface area contributed by atoms with Crippen molar-refractivity contribution in [3.63, 3.8) is 0 Å². The van der Waals surface area contributed by atoms with E-state index in [4.69, 9.17) is 0 Å².